The maximum absolute atomic E-state index is 11.1. The predicted octanol–water partition coefficient (Wildman–Crippen LogP) is 2.75. The Kier molecular flexibility index (Phi) is 2.63. The summed E-state index contributed by atoms with van der Waals surface area (Å²) in [5.41, 5.74) is 0.0898. The minimum absolute atomic E-state index is 0.0898. The second kappa shape index (κ2) is 4.29. The number of carbonyl (C=O) groups is 1. The van der Waals surface area contributed by atoms with E-state index in [2.05, 4.69) is 10.3 Å². The number of benzene rings is 1. The average Bonchev–Trinajstić information content (AvgIpc) is 3.19. The maximum Gasteiger partial charge on any atom is 0.354 e. The second-order valence-corrected chi connectivity index (χ2v) is 4.71. The highest BCUT2D eigenvalue weighted by atomic mass is 16.4. The van der Waals surface area contributed by atoms with Crippen LogP contribution in [0.5, 0.6) is 0 Å². The van der Waals surface area contributed by atoms with Crippen molar-refractivity contribution in [2.75, 3.05) is 11.9 Å². The summed E-state index contributed by atoms with van der Waals surface area (Å²) in [6, 6.07) is 9.32. The van der Waals surface area contributed by atoms with Gasteiger partial charge in [-0.2, -0.15) is 0 Å². The fourth-order valence-electron chi connectivity index (χ4n) is 2.01. The van der Waals surface area contributed by atoms with E-state index in [1.54, 1.807) is 6.07 Å². The van der Waals surface area contributed by atoms with Crippen molar-refractivity contribution in [2.24, 2.45) is 5.92 Å². The Balaban J connectivity index is 2.03. The molecule has 1 aliphatic rings. The summed E-state index contributed by atoms with van der Waals surface area (Å²) < 4.78 is 0. The molecule has 1 aromatic carbocycles. The maximum atomic E-state index is 11.1. The van der Waals surface area contributed by atoms with E-state index in [-0.39, 0.29) is 5.69 Å². The van der Waals surface area contributed by atoms with E-state index in [1.807, 2.05) is 24.3 Å². The van der Waals surface area contributed by atoms with Gasteiger partial charge in [0.2, 0.25) is 0 Å². The number of anilines is 1. The standard InChI is InChI=1S/C14H14N2O2/c17-14(18)12-7-10-3-1-2-4-11(10)13(16-12)15-8-9-5-6-9/h1-4,7,9H,5-6,8H2,(H,15,16)(H,17,18). The van der Waals surface area contributed by atoms with Gasteiger partial charge in [0, 0.05) is 11.9 Å². The molecule has 0 bridgehead atoms. The first-order chi connectivity index (χ1) is 8.74. The van der Waals surface area contributed by atoms with Crippen molar-refractivity contribution in [3.63, 3.8) is 0 Å². The first kappa shape index (κ1) is 11.0. The number of nitrogens with one attached hydrogen (secondary N) is 1. The number of hydrogen-bond acceptors (Lipinski definition) is 3. The summed E-state index contributed by atoms with van der Waals surface area (Å²) in [6.07, 6.45) is 2.51. The number of aromatic nitrogens is 1. The second-order valence-electron chi connectivity index (χ2n) is 4.71. The van der Waals surface area contributed by atoms with Crippen LogP contribution in [0.25, 0.3) is 10.8 Å². The van der Waals surface area contributed by atoms with E-state index in [0.717, 1.165) is 23.2 Å². The highest BCUT2D eigenvalue weighted by Crippen LogP contribution is 2.30. The highest BCUT2D eigenvalue weighted by Gasteiger charge is 2.21. The zero-order chi connectivity index (χ0) is 12.5. The monoisotopic (exact) mass is 242 g/mol. The lowest BCUT2D eigenvalue weighted by molar-refractivity contribution is 0.0691. The van der Waals surface area contributed by atoms with Crippen molar-refractivity contribution in [2.45, 2.75) is 12.8 Å². The minimum Gasteiger partial charge on any atom is -0.477 e. The summed E-state index contributed by atoms with van der Waals surface area (Å²) in [5, 5.41) is 14.2. The first-order valence-corrected chi connectivity index (χ1v) is 6.11. The minimum atomic E-state index is -0.991. The zero-order valence-corrected chi connectivity index (χ0v) is 9.89. The van der Waals surface area contributed by atoms with Gasteiger partial charge in [-0.25, -0.2) is 9.78 Å². The molecule has 0 amide bonds. The van der Waals surface area contributed by atoms with Crippen LogP contribution in [0.3, 0.4) is 0 Å². The highest BCUT2D eigenvalue weighted by molar-refractivity contribution is 5.97. The van der Waals surface area contributed by atoms with Gasteiger partial charge in [-0.15, -0.1) is 0 Å². The summed E-state index contributed by atoms with van der Waals surface area (Å²) in [6.45, 7) is 0.875. The van der Waals surface area contributed by atoms with Gasteiger partial charge < -0.3 is 10.4 Å². The fourth-order valence-corrected chi connectivity index (χ4v) is 2.01. The number of fused-ring (bicyclic) bond motifs is 1. The van der Waals surface area contributed by atoms with Crippen molar-refractivity contribution in [3.8, 4) is 0 Å². The molecule has 2 aromatic rings. The number of rotatable bonds is 4. The normalized spacial score (nSPS) is 14.7. The molecule has 3 rings (SSSR count). The summed E-state index contributed by atoms with van der Waals surface area (Å²) in [4.78, 5) is 15.2. The van der Waals surface area contributed by atoms with Gasteiger partial charge in [-0.1, -0.05) is 24.3 Å². The van der Waals surface area contributed by atoms with Crippen LogP contribution in [0.2, 0.25) is 0 Å². The van der Waals surface area contributed by atoms with Crippen molar-refractivity contribution in [1.29, 1.82) is 0 Å². The van der Waals surface area contributed by atoms with Crippen molar-refractivity contribution < 1.29 is 9.90 Å². The lowest BCUT2D eigenvalue weighted by Gasteiger charge is -2.09. The molecular formula is C14H14N2O2. The number of carboxylic acid groups (broad SMARTS) is 1. The van der Waals surface area contributed by atoms with E-state index in [0.29, 0.717) is 5.82 Å². The molecule has 0 radical (unpaired) electrons. The number of carboxylic acids is 1. The SMILES string of the molecule is O=C(O)c1cc2ccccc2c(NCC2CC2)n1. The Morgan fingerprint density at radius 2 is 2.17 bits per heavy atom. The first-order valence-electron chi connectivity index (χ1n) is 6.11. The Labute approximate surface area is 105 Å². The van der Waals surface area contributed by atoms with E-state index in [9.17, 15) is 4.79 Å². The molecule has 0 aliphatic heterocycles. The van der Waals surface area contributed by atoms with Crippen LogP contribution in [-0.2, 0) is 0 Å². The molecule has 0 unspecified atom stereocenters. The molecule has 0 atom stereocenters. The molecule has 4 heteroatoms. The van der Waals surface area contributed by atoms with Crippen molar-refractivity contribution in [1.82, 2.24) is 4.98 Å². The smallest absolute Gasteiger partial charge is 0.354 e. The van der Waals surface area contributed by atoms with Crippen LogP contribution >= 0.6 is 0 Å². The molecule has 1 heterocycles. The van der Waals surface area contributed by atoms with Crippen LogP contribution in [-0.4, -0.2) is 22.6 Å². The van der Waals surface area contributed by atoms with Gasteiger partial charge in [-0.05, 0) is 30.2 Å². The Hall–Kier alpha value is -2.10. The molecule has 1 aliphatic carbocycles. The molecule has 18 heavy (non-hydrogen) atoms. The Morgan fingerprint density at radius 3 is 2.89 bits per heavy atom. The predicted molar refractivity (Wildman–Crippen MR) is 69.9 cm³/mol. The molecular weight excluding hydrogens is 228 g/mol. The topological polar surface area (TPSA) is 62.2 Å². The van der Waals surface area contributed by atoms with Crippen molar-refractivity contribution in [3.05, 3.63) is 36.0 Å². The third kappa shape index (κ3) is 2.14. The molecule has 2 N–H and O–H groups in total. The van der Waals surface area contributed by atoms with Crippen LogP contribution < -0.4 is 5.32 Å². The molecule has 92 valence electrons. The van der Waals surface area contributed by atoms with Crippen LogP contribution in [0, 0.1) is 5.92 Å². The lowest BCUT2D eigenvalue weighted by Crippen LogP contribution is -2.09. The molecule has 1 saturated carbocycles. The number of pyridine rings is 1. The largest absolute Gasteiger partial charge is 0.477 e. The molecule has 1 aromatic heterocycles. The molecule has 0 saturated heterocycles. The quantitative estimate of drug-likeness (QED) is 0.865. The van der Waals surface area contributed by atoms with Crippen LogP contribution in [0.15, 0.2) is 30.3 Å². The molecule has 0 spiro atoms. The molecule has 4 nitrogen and oxygen atoms in total. The van der Waals surface area contributed by atoms with Gasteiger partial charge in [0.05, 0.1) is 0 Å². The third-order valence-electron chi connectivity index (χ3n) is 3.21. The van der Waals surface area contributed by atoms with E-state index in [1.165, 1.54) is 12.8 Å². The van der Waals surface area contributed by atoms with Crippen LogP contribution in [0.1, 0.15) is 23.3 Å². The Morgan fingerprint density at radius 1 is 1.39 bits per heavy atom. The number of nitrogens with zero attached hydrogens (tertiary/aromatic N) is 1. The lowest BCUT2D eigenvalue weighted by atomic mass is 10.1. The fraction of sp³-hybridized carbons (Fsp3) is 0.286. The molecule has 1 fully saturated rings. The zero-order valence-electron chi connectivity index (χ0n) is 9.89. The van der Waals surface area contributed by atoms with E-state index in [4.69, 9.17) is 5.11 Å². The van der Waals surface area contributed by atoms with Gasteiger partial charge in [0.1, 0.15) is 5.82 Å². The Bertz CT molecular complexity index is 606. The number of hydrogen-bond donors (Lipinski definition) is 2. The van der Waals surface area contributed by atoms with Crippen molar-refractivity contribution >= 4 is 22.6 Å². The van der Waals surface area contributed by atoms with Gasteiger partial charge in [0.15, 0.2) is 5.69 Å². The van der Waals surface area contributed by atoms with Gasteiger partial charge >= 0.3 is 5.97 Å². The summed E-state index contributed by atoms with van der Waals surface area (Å²) in [5.74, 6) is 0.409. The summed E-state index contributed by atoms with van der Waals surface area (Å²) >= 11 is 0. The van der Waals surface area contributed by atoms with Gasteiger partial charge in [0.25, 0.3) is 0 Å². The van der Waals surface area contributed by atoms with E-state index >= 15 is 0 Å². The summed E-state index contributed by atoms with van der Waals surface area (Å²) in [7, 11) is 0. The van der Waals surface area contributed by atoms with E-state index < -0.39 is 5.97 Å². The average molecular weight is 242 g/mol. The van der Waals surface area contributed by atoms with Crippen LogP contribution in [0.4, 0.5) is 5.82 Å². The third-order valence-corrected chi connectivity index (χ3v) is 3.21. The number of aromatic carboxylic acids is 1. The van der Waals surface area contributed by atoms with Gasteiger partial charge in [-0.3, -0.25) is 0 Å².